The van der Waals surface area contributed by atoms with Crippen LogP contribution in [0.1, 0.15) is 34.1 Å². The second-order valence-corrected chi connectivity index (χ2v) is 6.69. The zero-order valence-corrected chi connectivity index (χ0v) is 12.5. The summed E-state index contributed by atoms with van der Waals surface area (Å²) >= 11 is 0. The molecule has 0 radical (unpaired) electrons. The maximum absolute atomic E-state index is 3.79. The minimum atomic E-state index is 0.367. The quantitative estimate of drug-likeness (QED) is 0.765. The Bertz CT molecular complexity index is 216. The first-order valence-electron chi connectivity index (χ1n) is 6.95. The van der Waals surface area contributed by atoms with Crippen molar-refractivity contribution in [3.63, 3.8) is 0 Å². The van der Waals surface area contributed by atoms with E-state index in [9.17, 15) is 0 Å². The molecule has 1 aliphatic rings. The van der Waals surface area contributed by atoms with Crippen molar-refractivity contribution in [1.29, 1.82) is 0 Å². The maximum atomic E-state index is 3.79. The van der Waals surface area contributed by atoms with Gasteiger partial charge < -0.3 is 15.5 Å². The number of nitrogens with one attached hydrogen (secondary N) is 2. The second kappa shape index (κ2) is 6.17. The Labute approximate surface area is 107 Å². The van der Waals surface area contributed by atoms with Crippen molar-refractivity contribution in [1.82, 2.24) is 15.5 Å². The molecule has 3 nitrogen and oxygen atoms in total. The number of rotatable bonds is 5. The van der Waals surface area contributed by atoms with Crippen molar-refractivity contribution in [2.24, 2.45) is 11.3 Å². The van der Waals surface area contributed by atoms with Crippen molar-refractivity contribution in [2.75, 3.05) is 33.7 Å². The Kier molecular flexibility index (Phi) is 5.42. The van der Waals surface area contributed by atoms with E-state index in [1.165, 1.54) is 6.42 Å². The molecule has 0 spiro atoms. The van der Waals surface area contributed by atoms with E-state index < -0.39 is 0 Å². The van der Waals surface area contributed by atoms with Crippen molar-refractivity contribution < 1.29 is 0 Å². The van der Waals surface area contributed by atoms with E-state index in [0.29, 0.717) is 23.4 Å². The van der Waals surface area contributed by atoms with Crippen LogP contribution in [0.25, 0.3) is 0 Å². The number of piperidine rings is 1. The van der Waals surface area contributed by atoms with Gasteiger partial charge in [-0.1, -0.05) is 27.7 Å². The van der Waals surface area contributed by atoms with E-state index in [-0.39, 0.29) is 0 Å². The predicted molar refractivity (Wildman–Crippen MR) is 75.4 cm³/mol. The van der Waals surface area contributed by atoms with Crippen molar-refractivity contribution in [3.8, 4) is 0 Å². The summed E-state index contributed by atoms with van der Waals surface area (Å²) in [6, 6.07) is 1.27. The third kappa shape index (κ3) is 4.23. The molecule has 1 saturated heterocycles. The van der Waals surface area contributed by atoms with Crippen LogP contribution in [-0.4, -0.2) is 50.7 Å². The molecule has 2 unspecified atom stereocenters. The number of hydrogen-bond acceptors (Lipinski definition) is 3. The molecule has 0 amide bonds. The average Bonchev–Trinajstić information content (AvgIpc) is 2.19. The molecule has 2 atom stereocenters. The molecule has 17 heavy (non-hydrogen) atoms. The Morgan fingerprint density at radius 2 is 2.00 bits per heavy atom. The third-order valence-corrected chi connectivity index (χ3v) is 4.14. The van der Waals surface area contributed by atoms with Crippen LogP contribution in [0.4, 0.5) is 0 Å². The van der Waals surface area contributed by atoms with Gasteiger partial charge >= 0.3 is 0 Å². The summed E-state index contributed by atoms with van der Waals surface area (Å²) in [5.41, 5.74) is 0.367. The summed E-state index contributed by atoms with van der Waals surface area (Å²) in [6.07, 6.45) is 1.24. The molecule has 1 heterocycles. The van der Waals surface area contributed by atoms with Gasteiger partial charge in [-0.3, -0.25) is 0 Å². The highest BCUT2D eigenvalue weighted by atomic mass is 15.1. The van der Waals surface area contributed by atoms with Gasteiger partial charge in [0.15, 0.2) is 0 Å². The molecular formula is C14H31N3. The summed E-state index contributed by atoms with van der Waals surface area (Å²) in [5.74, 6) is 0.697. The Morgan fingerprint density at radius 1 is 1.35 bits per heavy atom. The number of nitrogens with zero attached hydrogens (tertiary/aromatic N) is 1. The average molecular weight is 241 g/mol. The molecule has 102 valence electrons. The van der Waals surface area contributed by atoms with Crippen LogP contribution < -0.4 is 10.6 Å². The monoisotopic (exact) mass is 241 g/mol. The molecule has 1 rings (SSSR count). The molecule has 0 aliphatic carbocycles. The Balaban J connectivity index is 2.47. The van der Waals surface area contributed by atoms with E-state index in [4.69, 9.17) is 0 Å². The molecule has 0 bridgehead atoms. The normalized spacial score (nSPS) is 26.5. The van der Waals surface area contributed by atoms with E-state index in [1.54, 1.807) is 0 Å². The Hall–Kier alpha value is -0.120. The zero-order chi connectivity index (χ0) is 13.1. The van der Waals surface area contributed by atoms with Gasteiger partial charge in [-0.05, 0) is 38.4 Å². The summed E-state index contributed by atoms with van der Waals surface area (Å²) < 4.78 is 0. The fraction of sp³-hybridized carbons (Fsp3) is 1.00. The minimum Gasteiger partial charge on any atom is -0.316 e. The van der Waals surface area contributed by atoms with Crippen molar-refractivity contribution in [3.05, 3.63) is 0 Å². The molecule has 0 aromatic heterocycles. The predicted octanol–water partition coefficient (Wildman–Crippen LogP) is 1.55. The summed E-state index contributed by atoms with van der Waals surface area (Å²) in [4.78, 5) is 2.34. The molecule has 0 aromatic carbocycles. The van der Waals surface area contributed by atoms with Crippen molar-refractivity contribution >= 4 is 0 Å². The maximum Gasteiger partial charge on any atom is 0.0237 e. The zero-order valence-electron chi connectivity index (χ0n) is 12.5. The van der Waals surface area contributed by atoms with Crippen LogP contribution in [0.3, 0.4) is 0 Å². The standard InChI is InChI=1S/C14H31N3/c1-11(2)12(17(5)6)9-16-13-7-8-15-10-14(13,3)4/h11-13,15-16H,7-10H2,1-6H3. The van der Waals surface area contributed by atoms with Gasteiger partial charge in [0.25, 0.3) is 0 Å². The van der Waals surface area contributed by atoms with Gasteiger partial charge in [0.2, 0.25) is 0 Å². The largest absolute Gasteiger partial charge is 0.316 e. The third-order valence-electron chi connectivity index (χ3n) is 4.14. The van der Waals surface area contributed by atoms with Crippen LogP contribution >= 0.6 is 0 Å². The lowest BCUT2D eigenvalue weighted by Crippen LogP contribution is -2.55. The van der Waals surface area contributed by atoms with Gasteiger partial charge in [0, 0.05) is 25.2 Å². The van der Waals surface area contributed by atoms with Crippen molar-refractivity contribution in [2.45, 2.75) is 46.2 Å². The van der Waals surface area contributed by atoms with Crippen LogP contribution in [0.15, 0.2) is 0 Å². The first kappa shape index (κ1) is 14.9. The highest BCUT2D eigenvalue weighted by Gasteiger charge is 2.32. The number of hydrogen-bond donors (Lipinski definition) is 2. The lowest BCUT2D eigenvalue weighted by Gasteiger charge is -2.41. The van der Waals surface area contributed by atoms with Gasteiger partial charge in [-0.25, -0.2) is 0 Å². The van der Waals surface area contributed by atoms with Gasteiger partial charge in [0.1, 0.15) is 0 Å². The van der Waals surface area contributed by atoms with E-state index >= 15 is 0 Å². The van der Waals surface area contributed by atoms with E-state index in [2.05, 4.69) is 57.3 Å². The van der Waals surface area contributed by atoms with Crippen LogP contribution in [0, 0.1) is 11.3 Å². The fourth-order valence-electron chi connectivity index (χ4n) is 2.83. The van der Waals surface area contributed by atoms with Gasteiger partial charge in [-0.2, -0.15) is 0 Å². The molecule has 0 saturated carbocycles. The SMILES string of the molecule is CC(C)C(CNC1CCNCC1(C)C)N(C)C. The van der Waals surface area contributed by atoms with Crippen LogP contribution in [0.2, 0.25) is 0 Å². The smallest absolute Gasteiger partial charge is 0.0237 e. The van der Waals surface area contributed by atoms with Crippen LogP contribution in [-0.2, 0) is 0 Å². The fourth-order valence-corrected chi connectivity index (χ4v) is 2.83. The first-order chi connectivity index (χ1) is 7.84. The summed E-state index contributed by atoms with van der Waals surface area (Å²) in [5, 5.41) is 7.28. The molecule has 3 heteroatoms. The molecule has 1 fully saturated rings. The first-order valence-corrected chi connectivity index (χ1v) is 6.95. The lowest BCUT2D eigenvalue weighted by molar-refractivity contribution is 0.157. The van der Waals surface area contributed by atoms with Crippen LogP contribution in [0.5, 0.6) is 0 Å². The molecular weight excluding hydrogens is 210 g/mol. The second-order valence-electron chi connectivity index (χ2n) is 6.69. The van der Waals surface area contributed by atoms with E-state index in [1.807, 2.05) is 0 Å². The Morgan fingerprint density at radius 3 is 2.47 bits per heavy atom. The molecule has 0 aromatic rings. The summed E-state index contributed by atoms with van der Waals surface area (Å²) in [7, 11) is 4.36. The highest BCUT2D eigenvalue weighted by molar-refractivity contribution is 4.91. The molecule has 1 aliphatic heterocycles. The molecule has 2 N–H and O–H groups in total. The highest BCUT2D eigenvalue weighted by Crippen LogP contribution is 2.25. The number of likely N-dealkylation sites (N-methyl/N-ethyl adjacent to an activating group) is 1. The lowest BCUT2D eigenvalue weighted by atomic mass is 9.80. The van der Waals surface area contributed by atoms with Gasteiger partial charge in [0.05, 0.1) is 0 Å². The minimum absolute atomic E-state index is 0.367. The van der Waals surface area contributed by atoms with Gasteiger partial charge in [-0.15, -0.1) is 0 Å². The summed E-state index contributed by atoms with van der Waals surface area (Å²) in [6.45, 7) is 12.7. The van der Waals surface area contributed by atoms with E-state index in [0.717, 1.165) is 19.6 Å². The topological polar surface area (TPSA) is 27.3 Å².